The Balaban J connectivity index is 3.39. The topological polar surface area (TPSA) is 86.3 Å². The molecule has 0 aromatic heterocycles. The van der Waals surface area contributed by atoms with Crippen molar-refractivity contribution < 1.29 is 27.4 Å². The first-order chi connectivity index (χ1) is 9.06. The van der Waals surface area contributed by atoms with Gasteiger partial charge in [0.25, 0.3) is 11.4 Å². The van der Waals surface area contributed by atoms with Gasteiger partial charge in [0.15, 0.2) is 0 Å². The van der Waals surface area contributed by atoms with Crippen LogP contribution in [0.15, 0.2) is 12.1 Å². The first-order valence-electron chi connectivity index (χ1n) is 5.14. The summed E-state index contributed by atoms with van der Waals surface area (Å²) < 4.78 is 50.3. The van der Waals surface area contributed by atoms with Gasteiger partial charge in [-0.2, -0.15) is 8.78 Å². The molecule has 0 spiro atoms. The minimum atomic E-state index is -4.45. The van der Waals surface area contributed by atoms with Crippen LogP contribution in [-0.2, 0) is 6.42 Å². The maximum absolute atomic E-state index is 13.0. The third-order valence-corrected chi connectivity index (χ3v) is 2.57. The number of rotatable bonds is 5. The van der Waals surface area contributed by atoms with Gasteiger partial charge in [-0.15, -0.1) is 0 Å². The number of aryl methyl sites for hydroxylation is 1. The summed E-state index contributed by atoms with van der Waals surface area (Å²) in [5.74, 6) is -4.45. The Morgan fingerprint density at radius 1 is 1.20 bits per heavy atom. The van der Waals surface area contributed by atoms with E-state index >= 15 is 0 Å². The fourth-order valence-corrected chi connectivity index (χ4v) is 1.59. The highest BCUT2D eigenvalue weighted by Crippen LogP contribution is 2.35. The molecular weight excluding hydrogens is 288 g/mol. The molecule has 0 unspecified atom stereocenters. The Morgan fingerprint density at radius 3 is 2.15 bits per heavy atom. The summed E-state index contributed by atoms with van der Waals surface area (Å²) >= 11 is 0. The van der Waals surface area contributed by atoms with E-state index in [-0.39, 0.29) is 5.56 Å². The minimum absolute atomic E-state index is 0.216. The van der Waals surface area contributed by atoms with Gasteiger partial charge in [-0.3, -0.25) is 20.2 Å². The van der Waals surface area contributed by atoms with Crippen molar-refractivity contribution in [2.75, 3.05) is 0 Å². The van der Waals surface area contributed by atoms with Gasteiger partial charge >= 0.3 is 12.3 Å². The molecule has 110 valence electrons. The van der Waals surface area contributed by atoms with Crippen molar-refractivity contribution in [3.05, 3.63) is 43.5 Å². The van der Waals surface area contributed by atoms with Gasteiger partial charge < -0.3 is 0 Å². The van der Waals surface area contributed by atoms with E-state index in [1.165, 1.54) is 0 Å². The van der Waals surface area contributed by atoms with Crippen LogP contribution in [0, 0.1) is 27.2 Å². The fraction of sp³-hybridized carbons (Fsp3) is 0.400. The summed E-state index contributed by atoms with van der Waals surface area (Å²) in [6, 6.07) is 1.30. The Bertz CT molecular complexity index is 562. The normalized spacial score (nSPS) is 11.7. The maximum Gasteiger partial charge on any atom is 0.311 e. The van der Waals surface area contributed by atoms with Gasteiger partial charge in [-0.05, 0) is 12.5 Å². The molecule has 0 saturated heterocycles. The molecule has 6 nitrogen and oxygen atoms in total. The summed E-state index contributed by atoms with van der Waals surface area (Å²) in [7, 11) is 0. The van der Waals surface area contributed by atoms with E-state index in [9.17, 15) is 37.8 Å². The van der Waals surface area contributed by atoms with E-state index in [1.54, 1.807) is 0 Å². The standard InChI is InChI=1S/C10H8F4N2O4/c1-5-2-6(15(17)18)3-8(16(19)20)7(5)4-10(13,14)9(11)12/h2-3,9H,4H2,1H3. The number of halogens is 4. The summed E-state index contributed by atoms with van der Waals surface area (Å²) in [6.45, 7) is 1.11. The van der Waals surface area contributed by atoms with Crippen molar-refractivity contribution in [1.29, 1.82) is 0 Å². The number of nitro groups is 2. The predicted molar refractivity (Wildman–Crippen MR) is 59.1 cm³/mol. The molecule has 0 atom stereocenters. The Morgan fingerprint density at radius 2 is 1.75 bits per heavy atom. The second kappa shape index (κ2) is 5.39. The molecule has 0 aliphatic rings. The SMILES string of the molecule is Cc1cc([N+](=O)[O-])cc([N+](=O)[O-])c1CC(F)(F)C(F)F. The van der Waals surface area contributed by atoms with Crippen LogP contribution >= 0.6 is 0 Å². The summed E-state index contributed by atoms with van der Waals surface area (Å²) in [6.07, 6.45) is -5.55. The molecule has 0 fully saturated rings. The van der Waals surface area contributed by atoms with Crippen LogP contribution in [0.4, 0.5) is 28.9 Å². The van der Waals surface area contributed by atoms with Crippen molar-refractivity contribution in [3.8, 4) is 0 Å². The van der Waals surface area contributed by atoms with Crippen LogP contribution in [0.5, 0.6) is 0 Å². The first kappa shape index (κ1) is 15.8. The smallest absolute Gasteiger partial charge is 0.258 e. The van der Waals surface area contributed by atoms with Crippen molar-refractivity contribution >= 4 is 11.4 Å². The van der Waals surface area contributed by atoms with E-state index in [2.05, 4.69) is 0 Å². The largest absolute Gasteiger partial charge is 0.311 e. The van der Waals surface area contributed by atoms with Gasteiger partial charge in [0, 0.05) is 18.1 Å². The van der Waals surface area contributed by atoms with E-state index < -0.39 is 45.6 Å². The fourth-order valence-electron chi connectivity index (χ4n) is 1.59. The number of hydrogen-bond donors (Lipinski definition) is 0. The second-order valence-corrected chi connectivity index (χ2v) is 4.01. The zero-order chi connectivity index (χ0) is 15.7. The molecule has 1 aromatic carbocycles. The van der Waals surface area contributed by atoms with E-state index in [4.69, 9.17) is 0 Å². The summed E-state index contributed by atoms with van der Waals surface area (Å²) in [5, 5.41) is 21.3. The molecule has 0 saturated carbocycles. The number of hydrogen-bond acceptors (Lipinski definition) is 4. The van der Waals surface area contributed by atoms with Crippen LogP contribution in [0.25, 0.3) is 0 Å². The number of non-ortho nitro benzene ring substituents is 1. The highest BCUT2D eigenvalue weighted by atomic mass is 19.3. The molecular formula is C10H8F4N2O4. The molecule has 0 amide bonds. The average Bonchev–Trinajstić information content (AvgIpc) is 2.30. The zero-order valence-electron chi connectivity index (χ0n) is 9.98. The van der Waals surface area contributed by atoms with Crippen molar-refractivity contribution in [2.24, 2.45) is 0 Å². The van der Waals surface area contributed by atoms with E-state index in [0.717, 1.165) is 13.0 Å². The zero-order valence-corrected chi connectivity index (χ0v) is 9.98. The molecule has 0 bridgehead atoms. The lowest BCUT2D eigenvalue weighted by Crippen LogP contribution is -2.29. The highest BCUT2D eigenvalue weighted by Gasteiger charge is 2.43. The predicted octanol–water partition coefficient (Wildman–Crippen LogP) is 3.25. The minimum Gasteiger partial charge on any atom is -0.258 e. The molecule has 0 N–H and O–H groups in total. The number of benzene rings is 1. The first-order valence-corrected chi connectivity index (χ1v) is 5.14. The van der Waals surface area contributed by atoms with Gasteiger partial charge in [0.05, 0.1) is 15.9 Å². The van der Waals surface area contributed by atoms with Crippen LogP contribution in [0.2, 0.25) is 0 Å². The molecule has 10 heteroatoms. The van der Waals surface area contributed by atoms with E-state index in [1.807, 2.05) is 0 Å². The molecule has 0 aliphatic carbocycles. The number of nitrogens with zero attached hydrogens (tertiary/aromatic N) is 2. The number of alkyl halides is 4. The lowest BCUT2D eigenvalue weighted by atomic mass is 9.99. The lowest BCUT2D eigenvalue weighted by molar-refractivity contribution is -0.394. The monoisotopic (exact) mass is 296 g/mol. The van der Waals surface area contributed by atoms with Crippen LogP contribution in [-0.4, -0.2) is 22.2 Å². The van der Waals surface area contributed by atoms with Gasteiger partial charge in [0.1, 0.15) is 0 Å². The van der Waals surface area contributed by atoms with Crippen molar-refractivity contribution in [1.82, 2.24) is 0 Å². The van der Waals surface area contributed by atoms with Crippen LogP contribution < -0.4 is 0 Å². The highest BCUT2D eigenvalue weighted by molar-refractivity contribution is 5.54. The van der Waals surface area contributed by atoms with Gasteiger partial charge in [-0.1, -0.05) is 0 Å². The molecule has 0 heterocycles. The summed E-state index contributed by atoms with van der Waals surface area (Å²) in [5.41, 5.74) is -2.51. The quantitative estimate of drug-likeness (QED) is 0.474. The lowest BCUT2D eigenvalue weighted by Gasteiger charge is -2.16. The van der Waals surface area contributed by atoms with Gasteiger partial charge in [0.2, 0.25) is 0 Å². The average molecular weight is 296 g/mol. The van der Waals surface area contributed by atoms with Gasteiger partial charge in [-0.25, -0.2) is 8.78 Å². The van der Waals surface area contributed by atoms with Crippen molar-refractivity contribution in [2.45, 2.75) is 25.7 Å². The summed E-state index contributed by atoms with van der Waals surface area (Å²) in [4.78, 5) is 19.3. The molecule has 0 radical (unpaired) electrons. The molecule has 0 aliphatic heterocycles. The van der Waals surface area contributed by atoms with Crippen LogP contribution in [0.1, 0.15) is 11.1 Å². The number of nitro benzene ring substituents is 2. The third-order valence-electron chi connectivity index (χ3n) is 2.57. The van der Waals surface area contributed by atoms with Crippen molar-refractivity contribution in [3.63, 3.8) is 0 Å². The molecule has 1 aromatic rings. The molecule has 20 heavy (non-hydrogen) atoms. The third kappa shape index (κ3) is 3.19. The van der Waals surface area contributed by atoms with E-state index in [0.29, 0.717) is 6.07 Å². The Kier molecular flexibility index (Phi) is 4.26. The maximum atomic E-state index is 13.0. The Hall–Kier alpha value is -2.26. The second-order valence-electron chi connectivity index (χ2n) is 4.01. The van der Waals surface area contributed by atoms with Crippen LogP contribution in [0.3, 0.4) is 0 Å². The Labute approximate surface area is 109 Å². The molecule has 1 rings (SSSR count).